The van der Waals surface area contributed by atoms with Crippen molar-refractivity contribution in [2.75, 3.05) is 5.32 Å². The number of nitrogens with one attached hydrogen (secondary N) is 2. The minimum absolute atomic E-state index is 0.0989. The van der Waals surface area contributed by atoms with Gasteiger partial charge in [-0.1, -0.05) is 6.08 Å². The van der Waals surface area contributed by atoms with E-state index < -0.39 is 28.0 Å². The second kappa shape index (κ2) is 8.60. The van der Waals surface area contributed by atoms with Gasteiger partial charge in [0.2, 0.25) is 10.0 Å². The summed E-state index contributed by atoms with van der Waals surface area (Å²) in [5.41, 5.74) is 0.400. The first-order valence-electron chi connectivity index (χ1n) is 7.42. The van der Waals surface area contributed by atoms with Crippen LogP contribution in [-0.2, 0) is 24.3 Å². The third-order valence-corrected chi connectivity index (χ3v) is 4.46. The van der Waals surface area contributed by atoms with Gasteiger partial charge >= 0.3 is 5.97 Å². The van der Waals surface area contributed by atoms with Gasteiger partial charge in [0.1, 0.15) is 0 Å². The fourth-order valence-corrected chi connectivity index (χ4v) is 2.99. The first-order valence-corrected chi connectivity index (χ1v) is 8.90. The molecular formula is C16H22N2O5S. The molecule has 132 valence electrons. The quantitative estimate of drug-likeness (QED) is 0.574. The largest absolute Gasteiger partial charge is 0.449 e. The van der Waals surface area contributed by atoms with Crippen LogP contribution in [0.2, 0.25) is 0 Å². The van der Waals surface area contributed by atoms with Crippen molar-refractivity contribution in [2.24, 2.45) is 0 Å². The number of sulfonamides is 1. The molecule has 0 bridgehead atoms. The summed E-state index contributed by atoms with van der Waals surface area (Å²) in [7, 11) is -3.58. The van der Waals surface area contributed by atoms with Gasteiger partial charge in [0.25, 0.3) is 5.91 Å². The predicted molar refractivity (Wildman–Crippen MR) is 90.9 cm³/mol. The number of anilines is 1. The molecule has 1 aromatic carbocycles. The van der Waals surface area contributed by atoms with E-state index in [1.54, 1.807) is 20.8 Å². The average Bonchev–Trinajstić information content (AvgIpc) is 2.46. The molecule has 24 heavy (non-hydrogen) atoms. The molecule has 1 aromatic rings. The first-order chi connectivity index (χ1) is 11.2. The van der Waals surface area contributed by atoms with E-state index >= 15 is 0 Å². The van der Waals surface area contributed by atoms with Gasteiger partial charge in [-0.2, -0.15) is 0 Å². The van der Waals surface area contributed by atoms with Crippen molar-refractivity contribution in [3.05, 3.63) is 36.4 Å². The second-order valence-electron chi connectivity index (χ2n) is 5.37. The molecule has 1 amide bonds. The van der Waals surface area contributed by atoms with Crippen LogP contribution in [0.1, 0.15) is 27.7 Å². The number of hydrogen-bond acceptors (Lipinski definition) is 5. The van der Waals surface area contributed by atoms with Crippen LogP contribution in [0, 0.1) is 0 Å². The van der Waals surface area contributed by atoms with Crippen molar-refractivity contribution in [2.45, 2.75) is 44.7 Å². The van der Waals surface area contributed by atoms with E-state index in [0.29, 0.717) is 5.69 Å². The number of allylic oxidation sites excluding steroid dienone is 1. The fourth-order valence-electron chi connectivity index (χ4n) is 1.74. The highest BCUT2D eigenvalue weighted by molar-refractivity contribution is 7.89. The number of carbonyl (C=O) groups is 2. The molecule has 0 saturated carbocycles. The van der Waals surface area contributed by atoms with Crippen molar-refractivity contribution in [1.82, 2.24) is 4.72 Å². The Bertz CT molecular complexity index is 708. The second-order valence-corrected chi connectivity index (χ2v) is 7.08. The molecule has 0 aliphatic carbocycles. The van der Waals surface area contributed by atoms with E-state index in [2.05, 4.69) is 10.0 Å². The van der Waals surface area contributed by atoms with E-state index in [9.17, 15) is 18.0 Å². The van der Waals surface area contributed by atoms with E-state index in [0.717, 1.165) is 0 Å². The maximum absolute atomic E-state index is 12.0. The summed E-state index contributed by atoms with van der Waals surface area (Å²) in [5.74, 6) is -1.12. The Balaban J connectivity index is 2.73. The third kappa shape index (κ3) is 6.13. The SMILES string of the molecule is C/C=C/C(=O)O[C@H](C)C(=O)Nc1ccc(S(=O)(=O)NC(C)C)cc1. The molecule has 0 saturated heterocycles. The summed E-state index contributed by atoms with van der Waals surface area (Å²) >= 11 is 0. The number of esters is 1. The molecule has 0 aliphatic heterocycles. The molecular weight excluding hydrogens is 332 g/mol. The molecule has 2 N–H and O–H groups in total. The zero-order chi connectivity index (χ0) is 18.3. The van der Waals surface area contributed by atoms with Gasteiger partial charge in [-0.15, -0.1) is 0 Å². The van der Waals surface area contributed by atoms with Crippen molar-refractivity contribution in [1.29, 1.82) is 0 Å². The monoisotopic (exact) mass is 354 g/mol. The minimum atomic E-state index is -3.58. The highest BCUT2D eigenvalue weighted by atomic mass is 32.2. The van der Waals surface area contributed by atoms with Gasteiger partial charge in [-0.05, 0) is 52.0 Å². The smallest absolute Gasteiger partial charge is 0.331 e. The maximum atomic E-state index is 12.0. The van der Waals surface area contributed by atoms with Crippen LogP contribution in [0.15, 0.2) is 41.3 Å². The Morgan fingerprint density at radius 3 is 2.21 bits per heavy atom. The van der Waals surface area contributed by atoms with E-state index in [1.165, 1.54) is 43.3 Å². The molecule has 0 radical (unpaired) electrons. The van der Waals surface area contributed by atoms with Gasteiger partial charge < -0.3 is 10.1 Å². The Morgan fingerprint density at radius 2 is 1.71 bits per heavy atom. The zero-order valence-corrected chi connectivity index (χ0v) is 14.9. The number of rotatable bonds is 7. The molecule has 7 nitrogen and oxygen atoms in total. The van der Waals surface area contributed by atoms with Crippen molar-refractivity contribution >= 4 is 27.6 Å². The molecule has 0 fully saturated rings. The summed E-state index contributed by atoms with van der Waals surface area (Å²) in [5, 5.41) is 2.55. The molecule has 1 rings (SSSR count). The lowest BCUT2D eigenvalue weighted by Gasteiger charge is -2.13. The molecule has 0 heterocycles. The summed E-state index contributed by atoms with van der Waals surface area (Å²) in [6, 6.07) is 5.48. The van der Waals surface area contributed by atoms with Crippen LogP contribution in [0.5, 0.6) is 0 Å². The lowest BCUT2D eigenvalue weighted by Crippen LogP contribution is -2.30. The van der Waals surface area contributed by atoms with Crippen LogP contribution in [-0.4, -0.2) is 32.4 Å². The highest BCUT2D eigenvalue weighted by Gasteiger charge is 2.18. The summed E-state index contributed by atoms with van der Waals surface area (Å²) in [4.78, 5) is 23.3. The summed E-state index contributed by atoms with van der Waals surface area (Å²) < 4.78 is 31.4. The molecule has 0 aliphatic rings. The third-order valence-electron chi connectivity index (χ3n) is 2.79. The summed E-state index contributed by atoms with van der Waals surface area (Å²) in [6.07, 6.45) is 1.75. The Morgan fingerprint density at radius 1 is 1.12 bits per heavy atom. The number of carbonyl (C=O) groups excluding carboxylic acids is 2. The van der Waals surface area contributed by atoms with Crippen LogP contribution in [0.3, 0.4) is 0 Å². The van der Waals surface area contributed by atoms with E-state index in [1.807, 2.05) is 0 Å². The minimum Gasteiger partial charge on any atom is -0.449 e. The lowest BCUT2D eigenvalue weighted by molar-refractivity contribution is -0.148. The van der Waals surface area contributed by atoms with Gasteiger partial charge in [-0.3, -0.25) is 4.79 Å². The first kappa shape index (κ1) is 19.9. The van der Waals surface area contributed by atoms with E-state index in [-0.39, 0.29) is 10.9 Å². The van der Waals surface area contributed by atoms with Crippen LogP contribution in [0.4, 0.5) is 5.69 Å². The summed E-state index contributed by atoms with van der Waals surface area (Å²) in [6.45, 7) is 6.56. The Labute approximate surface area is 142 Å². The predicted octanol–water partition coefficient (Wildman–Crippen LogP) is 1.82. The van der Waals surface area contributed by atoms with Crippen LogP contribution < -0.4 is 10.0 Å². The highest BCUT2D eigenvalue weighted by Crippen LogP contribution is 2.15. The van der Waals surface area contributed by atoms with Crippen LogP contribution >= 0.6 is 0 Å². The average molecular weight is 354 g/mol. The Hall–Kier alpha value is -2.19. The van der Waals surface area contributed by atoms with Gasteiger partial charge in [0.05, 0.1) is 4.90 Å². The number of ether oxygens (including phenoxy) is 1. The maximum Gasteiger partial charge on any atom is 0.331 e. The molecule has 0 aromatic heterocycles. The molecule has 0 unspecified atom stereocenters. The lowest BCUT2D eigenvalue weighted by atomic mass is 10.3. The van der Waals surface area contributed by atoms with E-state index in [4.69, 9.17) is 4.74 Å². The van der Waals surface area contributed by atoms with Gasteiger partial charge in [-0.25, -0.2) is 17.9 Å². The molecule has 0 spiro atoms. The standard InChI is InChI=1S/C16H22N2O5S/c1-5-6-15(19)23-12(4)16(20)17-13-7-9-14(10-8-13)24(21,22)18-11(2)3/h5-12,18H,1-4H3,(H,17,20)/b6-5+/t12-/m1/s1. The Kier molecular flexibility index (Phi) is 7.12. The van der Waals surface area contributed by atoms with Gasteiger partial charge in [0, 0.05) is 17.8 Å². The topological polar surface area (TPSA) is 102 Å². The fraction of sp³-hybridized carbons (Fsp3) is 0.375. The van der Waals surface area contributed by atoms with Gasteiger partial charge in [0.15, 0.2) is 6.10 Å². The number of hydrogen-bond donors (Lipinski definition) is 2. The zero-order valence-electron chi connectivity index (χ0n) is 14.1. The van der Waals surface area contributed by atoms with Crippen molar-refractivity contribution in [3.63, 3.8) is 0 Å². The number of amides is 1. The molecule has 8 heteroatoms. The molecule has 1 atom stereocenters. The number of benzene rings is 1. The van der Waals surface area contributed by atoms with Crippen molar-refractivity contribution < 1.29 is 22.7 Å². The normalized spacial score (nSPS) is 13.0. The van der Waals surface area contributed by atoms with Crippen LogP contribution in [0.25, 0.3) is 0 Å². The van der Waals surface area contributed by atoms with Crippen molar-refractivity contribution in [3.8, 4) is 0 Å².